The van der Waals surface area contributed by atoms with Crippen LogP contribution >= 0.6 is 0 Å². The number of anilines is 1. The van der Waals surface area contributed by atoms with E-state index in [1.165, 1.54) is 0 Å². The van der Waals surface area contributed by atoms with Crippen molar-refractivity contribution in [1.82, 2.24) is 0 Å². The van der Waals surface area contributed by atoms with E-state index in [1.54, 1.807) is 31.4 Å². The fourth-order valence-corrected chi connectivity index (χ4v) is 1.81. The number of ether oxygens (including phenoxy) is 2. The number of hydrogen-bond acceptors (Lipinski definition) is 4. The van der Waals surface area contributed by atoms with E-state index in [2.05, 4.69) is 5.32 Å². The van der Waals surface area contributed by atoms with Crippen molar-refractivity contribution in [3.63, 3.8) is 0 Å². The third-order valence-electron chi connectivity index (χ3n) is 2.96. The summed E-state index contributed by atoms with van der Waals surface area (Å²) in [5, 5.41) is 2.76. The number of hydrogen-bond donors (Lipinski definition) is 2. The predicted molar refractivity (Wildman–Crippen MR) is 68.6 cm³/mol. The van der Waals surface area contributed by atoms with Crippen LogP contribution in [0.1, 0.15) is 12.8 Å². The molecule has 0 unspecified atom stereocenters. The number of carbonyl (C=O) groups excluding carboxylic acids is 1. The lowest BCUT2D eigenvalue weighted by molar-refractivity contribution is -0.124. The highest BCUT2D eigenvalue weighted by Gasteiger charge is 2.26. The van der Waals surface area contributed by atoms with Crippen molar-refractivity contribution in [1.29, 1.82) is 0 Å². The Balaban J connectivity index is 1.72. The minimum atomic E-state index is -0.152. The van der Waals surface area contributed by atoms with Gasteiger partial charge in [0.2, 0.25) is 5.91 Å². The number of nitrogens with two attached hydrogens (primary N) is 1. The number of benzene rings is 1. The molecule has 0 spiro atoms. The molecule has 1 saturated carbocycles. The molecule has 3 N–H and O–H groups in total. The van der Waals surface area contributed by atoms with Crippen molar-refractivity contribution >= 4 is 11.6 Å². The summed E-state index contributed by atoms with van der Waals surface area (Å²) in [5.74, 6) is 0.605. The van der Waals surface area contributed by atoms with E-state index < -0.39 is 0 Å². The Morgan fingerprint density at radius 2 is 2.06 bits per heavy atom. The highest BCUT2D eigenvalue weighted by Crippen LogP contribution is 2.21. The van der Waals surface area contributed by atoms with Crippen LogP contribution in [0.2, 0.25) is 0 Å². The number of carbonyl (C=O) groups is 1. The third kappa shape index (κ3) is 3.45. The molecule has 2 rings (SSSR count). The van der Waals surface area contributed by atoms with Gasteiger partial charge in [0.15, 0.2) is 0 Å². The van der Waals surface area contributed by atoms with E-state index in [0.717, 1.165) is 24.3 Å². The van der Waals surface area contributed by atoms with Crippen LogP contribution in [-0.2, 0) is 9.53 Å². The summed E-state index contributed by atoms with van der Waals surface area (Å²) in [4.78, 5) is 11.6. The SMILES string of the molecule is COc1ccc(NC(=O)COC2CC(N)C2)cc1. The molecule has 98 valence electrons. The van der Waals surface area contributed by atoms with Gasteiger partial charge >= 0.3 is 0 Å². The molecule has 1 aromatic rings. The van der Waals surface area contributed by atoms with Crippen molar-refractivity contribution in [2.45, 2.75) is 25.0 Å². The molecule has 0 aliphatic heterocycles. The first-order valence-corrected chi connectivity index (χ1v) is 5.98. The Morgan fingerprint density at radius 1 is 1.39 bits per heavy atom. The fraction of sp³-hybridized carbons (Fsp3) is 0.462. The van der Waals surface area contributed by atoms with Crippen LogP contribution in [0.5, 0.6) is 5.75 Å². The third-order valence-corrected chi connectivity index (χ3v) is 2.96. The molecule has 0 atom stereocenters. The predicted octanol–water partition coefficient (Wildman–Crippen LogP) is 1.14. The van der Waals surface area contributed by atoms with Gasteiger partial charge in [-0.1, -0.05) is 0 Å². The normalized spacial score (nSPS) is 22.1. The standard InChI is InChI=1S/C13H18N2O3/c1-17-11-4-2-10(3-5-11)15-13(16)8-18-12-6-9(14)7-12/h2-5,9,12H,6-8,14H2,1H3,(H,15,16). The van der Waals surface area contributed by atoms with Crippen molar-refractivity contribution in [2.24, 2.45) is 5.73 Å². The second-order valence-electron chi connectivity index (χ2n) is 4.44. The molecule has 0 saturated heterocycles. The zero-order valence-electron chi connectivity index (χ0n) is 10.4. The Morgan fingerprint density at radius 3 is 2.61 bits per heavy atom. The average Bonchev–Trinajstić information content (AvgIpc) is 2.34. The average molecular weight is 250 g/mol. The summed E-state index contributed by atoms with van der Waals surface area (Å²) in [7, 11) is 1.60. The second-order valence-corrected chi connectivity index (χ2v) is 4.44. The van der Waals surface area contributed by atoms with Gasteiger partial charge in [-0.15, -0.1) is 0 Å². The molecule has 0 heterocycles. The highest BCUT2D eigenvalue weighted by atomic mass is 16.5. The number of nitrogens with one attached hydrogen (secondary N) is 1. The van der Waals surface area contributed by atoms with Gasteiger partial charge < -0.3 is 20.5 Å². The molecule has 0 radical (unpaired) electrons. The Hall–Kier alpha value is -1.59. The molecule has 18 heavy (non-hydrogen) atoms. The molecule has 0 aromatic heterocycles. The minimum Gasteiger partial charge on any atom is -0.497 e. The van der Waals surface area contributed by atoms with Gasteiger partial charge in [0, 0.05) is 11.7 Å². The summed E-state index contributed by atoms with van der Waals surface area (Å²) >= 11 is 0. The molecule has 5 heteroatoms. The van der Waals surface area contributed by atoms with Crippen molar-refractivity contribution in [3.8, 4) is 5.75 Å². The molecular weight excluding hydrogens is 232 g/mol. The van der Waals surface area contributed by atoms with Crippen LogP contribution in [0.15, 0.2) is 24.3 Å². The maximum Gasteiger partial charge on any atom is 0.250 e. The Kier molecular flexibility index (Phi) is 4.17. The van der Waals surface area contributed by atoms with E-state index in [4.69, 9.17) is 15.2 Å². The van der Waals surface area contributed by atoms with Gasteiger partial charge in [0.25, 0.3) is 0 Å². The summed E-state index contributed by atoms with van der Waals surface area (Å²) in [6.45, 7) is 0.0728. The molecule has 0 bridgehead atoms. The van der Waals surface area contributed by atoms with Crippen molar-refractivity contribution in [2.75, 3.05) is 19.0 Å². The van der Waals surface area contributed by atoms with Crippen LogP contribution in [0.4, 0.5) is 5.69 Å². The molecule has 1 fully saturated rings. The van der Waals surface area contributed by atoms with Crippen LogP contribution in [0, 0.1) is 0 Å². The topological polar surface area (TPSA) is 73.6 Å². The summed E-state index contributed by atoms with van der Waals surface area (Å²) in [5.41, 5.74) is 6.36. The van der Waals surface area contributed by atoms with E-state index in [1.807, 2.05) is 0 Å². The minimum absolute atomic E-state index is 0.0728. The Labute approximate surface area is 106 Å². The van der Waals surface area contributed by atoms with Crippen LogP contribution in [0.25, 0.3) is 0 Å². The van der Waals surface area contributed by atoms with Gasteiger partial charge in [-0.3, -0.25) is 4.79 Å². The van der Waals surface area contributed by atoms with Crippen LogP contribution in [0.3, 0.4) is 0 Å². The van der Waals surface area contributed by atoms with Gasteiger partial charge in [-0.2, -0.15) is 0 Å². The van der Waals surface area contributed by atoms with Gasteiger partial charge in [-0.25, -0.2) is 0 Å². The molecule has 1 aliphatic carbocycles. The quantitative estimate of drug-likeness (QED) is 0.822. The number of methoxy groups -OCH3 is 1. The molecule has 5 nitrogen and oxygen atoms in total. The first-order valence-electron chi connectivity index (χ1n) is 5.98. The highest BCUT2D eigenvalue weighted by molar-refractivity contribution is 5.91. The van der Waals surface area contributed by atoms with Crippen molar-refractivity contribution < 1.29 is 14.3 Å². The zero-order chi connectivity index (χ0) is 13.0. The van der Waals surface area contributed by atoms with E-state index >= 15 is 0 Å². The second kappa shape index (κ2) is 5.84. The molecule has 1 aromatic carbocycles. The zero-order valence-corrected chi connectivity index (χ0v) is 10.4. The van der Waals surface area contributed by atoms with Gasteiger partial charge in [0.1, 0.15) is 12.4 Å². The van der Waals surface area contributed by atoms with E-state index in [-0.39, 0.29) is 24.7 Å². The van der Waals surface area contributed by atoms with E-state index in [0.29, 0.717) is 0 Å². The first kappa shape index (κ1) is 12.9. The maximum atomic E-state index is 11.6. The number of rotatable bonds is 5. The molecule has 1 aliphatic rings. The van der Waals surface area contributed by atoms with Crippen LogP contribution < -0.4 is 15.8 Å². The first-order chi connectivity index (χ1) is 8.67. The lowest BCUT2D eigenvalue weighted by Crippen LogP contribution is -2.42. The molecule has 1 amide bonds. The Bertz CT molecular complexity index is 399. The number of amides is 1. The van der Waals surface area contributed by atoms with Crippen LogP contribution in [-0.4, -0.2) is 31.8 Å². The smallest absolute Gasteiger partial charge is 0.250 e. The fourth-order valence-electron chi connectivity index (χ4n) is 1.81. The van der Waals surface area contributed by atoms with Gasteiger partial charge in [0.05, 0.1) is 13.2 Å². The largest absolute Gasteiger partial charge is 0.497 e. The molecular formula is C13H18N2O3. The summed E-state index contributed by atoms with van der Waals surface area (Å²) in [6.07, 6.45) is 1.83. The summed E-state index contributed by atoms with van der Waals surface area (Å²) in [6, 6.07) is 7.40. The lowest BCUT2D eigenvalue weighted by Gasteiger charge is -2.31. The van der Waals surface area contributed by atoms with Gasteiger partial charge in [-0.05, 0) is 37.1 Å². The summed E-state index contributed by atoms with van der Waals surface area (Å²) < 4.78 is 10.4. The lowest BCUT2D eigenvalue weighted by atomic mass is 9.90. The van der Waals surface area contributed by atoms with Crippen molar-refractivity contribution in [3.05, 3.63) is 24.3 Å². The monoisotopic (exact) mass is 250 g/mol. The maximum absolute atomic E-state index is 11.6. The van der Waals surface area contributed by atoms with E-state index in [9.17, 15) is 4.79 Å².